The SMILES string of the molecule is C#C[C@@H]1C(C)=C2/C=C3\NC(C4=c5[nH]/c(c(C)c5[C@@H](O)[C@@H]4C(=O)OC)=C\c4[nH]c(c(C)c4CC)/C=C/1N2)[C@@H](CCC(=O)OC/C=C(\C)CCC[C@@H](C)CCC[C@H](C)CCCC(C)C)[C@@H]3C. The van der Waals surface area contributed by atoms with E-state index in [0.717, 1.165) is 98.5 Å². The fraction of sp³-hybridized carbons (Fsp3) is 0.600. The number of aromatic amines is 2. The molecule has 1 aliphatic carbocycles. The average Bonchev–Trinajstić information content (AvgIpc) is 3.99. The van der Waals surface area contributed by atoms with E-state index in [0.29, 0.717) is 12.0 Å². The van der Waals surface area contributed by atoms with Crippen molar-refractivity contribution in [2.75, 3.05) is 13.7 Å². The summed E-state index contributed by atoms with van der Waals surface area (Å²) in [5.41, 5.74) is 11.8. The lowest BCUT2D eigenvalue weighted by Gasteiger charge is -2.27. The van der Waals surface area contributed by atoms with E-state index >= 15 is 0 Å². The maximum absolute atomic E-state index is 13.7. The van der Waals surface area contributed by atoms with Crippen LogP contribution in [-0.2, 0) is 25.5 Å². The zero-order chi connectivity index (χ0) is 46.4. The minimum absolute atomic E-state index is 0.0375. The number of nitrogens with one attached hydrogen (secondary N) is 4. The number of carbonyl (C=O) groups is 2. The highest BCUT2D eigenvalue weighted by Crippen LogP contribution is 2.45. The smallest absolute Gasteiger partial charge is 0.315 e. The van der Waals surface area contributed by atoms with Gasteiger partial charge in [-0.1, -0.05) is 98.0 Å². The summed E-state index contributed by atoms with van der Waals surface area (Å²) in [6.07, 6.45) is 26.4. The van der Waals surface area contributed by atoms with E-state index in [1.165, 1.54) is 63.2 Å². The van der Waals surface area contributed by atoms with E-state index in [-0.39, 0.29) is 42.8 Å². The van der Waals surface area contributed by atoms with Gasteiger partial charge in [-0.05, 0) is 129 Å². The third-order valence-electron chi connectivity index (χ3n) is 15.1. The lowest BCUT2D eigenvalue weighted by atomic mass is 9.80. The van der Waals surface area contributed by atoms with Crippen molar-refractivity contribution in [2.45, 2.75) is 158 Å². The lowest BCUT2D eigenvalue weighted by Crippen LogP contribution is -2.37. The van der Waals surface area contributed by atoms with Gasteiger partial charge >= 0.3 is 11.9 Å². The first-order valence-electron chi connectivity index (χ1n) is 24.4. The van der Waals surface area contributed by atoms with Gasteiger partial charge in [-0.25, -0.2) is 0 Å². The van der Waals surface area contributed by atoms with Gasteiger partial charge in [-0.3, -0.25) is 9.59 Å². The second-order valence-corrected chi connectivity index (χ2v) is 20.1. The number of hydrogen-bond acceptors (Lipinski definition) is 7. The normalized spacial score (nSPS) is 25.7. The summed E-state index contributed by atoms with van der Waals surface area (Å²) in [6.45, 7) is 22.3. The summed E-state index contributed by atoms with van der Waals surface area (Å²) < 4.78 is 11.2. The van der Waals surface area contributed by atoms with Crippen molar-refractivity contribution in [3.05, 3.63) is 84.7 Å². The molecular weight excluding hydrogens is 797 g/mol. The molecule has 0 radical (unpaired) electrons. The van der Waals surface area contributed by atoms with Crippen molar-refractivity contribution in [2.24, 2.45) is 41.4 Å². The minimum atomic E-state index is -1.10. The van der Waals surface area contributed by atoms with Crippen molar-refractivity contribution in [3.63, 3.8) is 0 Å². The quantitative estimate of drug-likeness (QED) is 0.0541. The van der Waals surface area contributed by atoms with Gasteiger partial charge in [0.25, 0.3) is 0 Å². The van der Waals surface area contributed by atoms with Crippen LogP contribution >= 0.6 is 0 Å². The molecule has 5 heterocycles. The first-order valence-corrected chi connectivity index (χ1v) is 24.4. The van der Waals surface area contributed by atoms with Crippen LogP contribution in [-0.4, -0.2) is 46.8 Å². The number of methoxy groups -OCH3 is 1. The van der Waals surface area contributed by atoms with Crippen molar-refractivity contribution in [1.29, 1.82) is 0 Å². The molecule has 9 heteroatoms. The molecule has 1 unspecified atom stereocenters. The fourth-order valence-corrected chi connectivity index (χ4v) is 10.9. The van der Waals surface area contributed by atoms with E-state index in [9.17, 15) is 14.7 Å². The third kappa shape index (κ3) is 10.7. The molecule has 8 bridgehead atoms. The van der Waals surface area contributed by atoms with Gasteiger partial charge in [-0.15, -0.1) is 6.42 Å². The molecule has 0 spiro atoms. The van der Waals surface area contributed by atoms with Gasteiger partial charge in [0, 0.05) is 57.1 Å². The number of terminal acetylenes is 1. The predicted octanol–water partition coefficient (Wildman–Crippen LogP) is 9.64. The summed E-state index contributed by atoms with van der Waals surface area (Å²) in [7, 11) is 1.37. The van der Waals surface area contributed by atoms with Gasteiger partial charge in [0.2, 0.25) is 0 Å². The summed E-state index contributed by atoms with van der Waals surface area (Å²) in [6, 6.07) is -0.387. The second-order valence-electron chi connectivity index (χ2n) is 20.1. The Hall–Kier alpha value is -4.68. The lowest BCUT2D eigenvalue weighted by molar-refractivity contribution is -0.147. The van der Waals surface area contributed by atoms with Crippen LogP contribution in [0, 0.1) is 67.6 Å². The number of aromatic nitrogens is 2. The number of carbonyl (C=O) groups excluding carboxylic acids is 2. The maximum Gasteiger partial charge on any atom is 0.315 e. The number of ether oxygens (including phenoxy) is 2. The molecule has 0 saturated carbocycles. The van der Waals surface area contributed by atoms with Crippen LogP contribution in [0.15, 0.2) is 40.4 Å². The Morgan fingerprint density at radius 1 is 0.906 bits per heavy atom. The molecule has 2 aromatic heterocycles. The van der Waals surface area contributed by atoms with Crippen molar-refractivity contribution in [1.82, 2.24) is 20.6 Å². The molecule has 4 aliphatic rings. The number of aliphatic hydroxyl groups excluding tert-OH is 1. The van der Waals surface area contributed by atoms with E-state index in [4.69, 9.17) is 15.9 Å². The highest BCUT2D eigenvalue weighted by atomic mass is 16.5. The van der Waals surface area contributed by atoms with Gasteiger partial charge < -0.3 is 35.2 Å². The number of allylic oxidation sites excluding steroid dienone is 4. The molecule has 64 heavy (non-hydrogen) atoms. The minimum Gasteiger partial charge on any atom is -0.468 e. The van der Waals surface area contributed by atoms with Crippen LogP contribution in [0.2, 0.25) is 0 Å². The molecule has 6 rings (SSSR count). The van der Waals surface area contributed by atoms with Crippen molar-refractivity contribution in [3.8, 4) is 12.3 Å². The molecular formula is C55H78N4O5. The van der Waals surface area contributed by atoms with Crippen LogP contribution in [0.3, 0.4) is 0 Å². The van der Waals surface area contributed by atoms with Crippen LogP contribution in [0.1, 0.15) is 166 Å². The summed E-state index contributed by atoms with van der Waals surface area (Å²) >= 11 is 0. The molecule has 1 fully saturated rings. The standard InChI is InChI=1S/C55H78N4O5/c1-13-39-35(8)42-28-44-37(10)41(24-25-48(60)64-27-26-34(7)23-17-22-33(6)21-16-20-32(5)19-15-18-31(3)4)52(58-44)50-51(55(62)63-12)54(61)49-38(11)45(59-53(49)50)30-47-40(14-2)36(9)43(57-47)29-46(39)56-42/h1,26,28-33,37,39,41,51-52,54,56-59,61H,14-25,27H2,2-12H3/b34-26+,44-28-,45-30-,46-29-/t32-,33+,37+,39-,41+,51-,52?,54-/m1/s1. The van der Waals surface area contributed by atoms with Gasteiger partial charge in [0.15, 0.2) is 0 Å². The van der Waals surface area contributed by atoms with Crippen LogP contribution < -0.4 is 21.3 Å². The first-order chi connectivity index (χ1) is 30.6. The molecule has 3 aliphatic heterocycles. The van der Waals surface area contributed by atoms with Gasteiger partial charge in [-0.2, -0.15) is 0 Å². The highest BCUT2D eigenvalue weighted by molar-refractivity contribution is 5.88. The predicted molar refractivity (Wildman–Crippen MR) is 260 cm³/mol. The second kappa shape index (κ2) is 21.5. The number of aliphatic hydroxyl groups is 1. The number of hydrogen-bond donors (Lipinski definition) is 5. The molecule has 9 nitrogen and oxygen atoms in total. The first kappa shape index (κ1) is 48.8. The zero-order valence-corrected chi connectivity index (χ0v) is 40.9. The molecule has 8 atom stereocenters. The van der Waals surface area contributed by atoms with E-state index in [2.05, 4.69) is 113 Å². The largest absolute Gasteiger partial charge is 0.468 e. The number of H-pyrrole nitrogens is 2. The van der Waals surface area contributed by atoms with Crippen molar-refractivity contribution >= 4 is 29.7 Å². The summed E-state index contributed by atoms with van der Waals surface area (Å²) in [4.78, 5) is 34.5. The van der Waals surface area contributed by atoms with Gasteiger partial charge in [0.05, 0.1) is 25.2 Å². The molecule has 0 amide bonds. The van der Waals surface area contributed by atoms with Gasteiger partial charge in [0.1, 0.15) is 12.5 Å². The Balaban J connectivity index is 1.20. The average molecular weight is 875 g/mol. The highest BCUT2D eigenvalue weighted by Gasteiger charge is 2.49. The van der Waals surface area contributed by atoms with Crippen LogP contribution in [0.25, 0.3) is 17.7 Å². The van der Waals surface area contributed by atoms with Crippen LogP contribution in [0.4, 0.5) is 0 Å². The topological polar surface area (TPSA) is 128 Å². The van der Waals surface area contributed by atoms with E-state index < -0.39 is 18.0 Å². The van der Waals surface area contributed by atoms with Crippen LogP contribution in [0.5, 0.6) is 0 Å². The summed E-state index contributed by atoms with van der Waals surface area (Å²) in [5, 5.41) is 21.1. The number of rotatable bonds is 19. The molecule has 1 saturated heterocycles. The number of fused-ring (bicyclic) bond motifs is 8. The molecule has 2 aromatic rings. The third-order valence-corrected chi connectivity index (χ3v) is 15.1. The Bertz CT molecular complexity index is 2330. The Labute approximate surface area is 383 Å². The maximum atomic E-state index is 13.7. The summed E-state index contributed by atoms with van der Waals surface area (Å²) in [5.74, 6) is 3.32. The fourth-order valence-electron chi connectivity index (χ4n) is 10.9. The number of esters is 2. The molecule has 5 N–H and O–H groups in total. The van der Waals surface area contributed by atoms with E-state index in [1.54, 1.807) is 0 Å². The molecule has 348 valence electrons. The Morgan fingerprint density at radius 2 is 1.59 bits per heavy atom. The van der Waals surface area contributed by atoms with Crippen molar-refractivity contribution < 1.29 is 24.2 Å². The Morgan fingerprint density at radius 3 is 2.25 bits per heavy atom. The monoisotopic (exact) mass is 875 g/mol. The Kier molecular flexibility index (Phi) is 16.4. The zero-order valence-electron chi connectivity index (χ0n) is 40.9. The molecule has 0 aromatic carbocycles. The van der Waals surface area contributed by atoms with E-state index in [1.807, 2.05) is 6.92 Å².